The van der Waals surface area contributed by atoms with Gasteiger partial charge in [0, 0.05) is 0 Å². The van der Waals surface area contributed by atoms with Gasteiger partial charge in [-0.15, -0.1) is 0 Å². The molecule has 21 heavy (non-hydrogen) atoms. The van der Waals surface area contributed by atoms with Gasteiger partial charge in [0.15, 0.2) is 0 Å². The second kappa shape index (κ2) is 8.51. The fraction of sp³-hybridized carbons (Fsp3) is 0.400. The van der Waals surface area contributed by atoms with Gasteiger partial charge in [-0.2, -0.15) is 0 Å². The Bertz CT molecular complexity index is 501. The molecule has 2 rings (SSSR count). The van der Waals surface area contributed by atoms with Crippen LogP contribution in [0.3, 0.4) is 0 Å². The fourth-order valence-corrected chi connectivity index (χ4v) is 2.73. The number of rotatable bonds is 8. The van der Waals surface area contributed by atoms with Crippen molar-refractivity contribution in [3.05, 3.63) is 65.7 Å². The largest absolute Gasteiger partial charge is 0.497 e. The predicted molar refractivity (Wildman–Crippen MR) is 89.9 cm³/mol. The van der Waals surface area contributed by atoms with Crippen LogP contribution in [0.4, 0.5) is 0 Å². The van der Waals surface area contributed by atoms with E-state index in [4.69, 9.17) is 4.74 Å². The lowest BCUT2D eigenvalue weighted by molar-refractivity contribution is 0.414. The van der Waals surface area contributed by atoms with Gasteiger partial charge < -0.3 is 4.74 Å². The lowest BCUT2D eigenvalue weighted by Gasteiger charge is -2.11. The maximum absolute atomic E-state index is 5.18. The number of methoxy groups -OCH3 is 1. The van der Waals surface area contributed by atoms with Gasteiger partial charge >= 0.3 is 0 Å². The maximum Gasteiger partial charge on any atom is 0.118 e. The molecule has 0 saturated carbocycles. The molecule has 1 atom stereocenters. The minimum Gasteiger partial charge on any atom is -0.497 e. The Labute approximate surface area is 129 Å². The van der Waals surface area contributed by atoms with Crippen molar-refractivity contribution in [2.45, 2.75) is 39.0 Å². The molecule has 1 heteroatoms. The zero-order valence-electron chi connectivity index (χ0n) is 13.2. The first-order valence-corrected chi connectivity index (χ1v) is 7.95. The third-order valence-electron chi connectivity index (χ3n) is 4.00. The molecule has 0 radical (unpaired) electrons. The van der Waals surface area contributed by atoms with Crippen LogP contribution in [0.2, 0.25) is 0 Å². The van der Waals surface area contributed by atoms with Crippen molar-refractivity contribution >= 4 is 0 Å². The summed E-state index contributed by atoms with van der Waals surface area (Å²) in [6.45, 7) is 2.36. The molecule has 0 bridgehead atoms. The van der Waals surface area contributed by atoms with Gasteiger partial charge in [-0.05, 0) is 48.4 Å². The van der Waals surface area contributed by atoms with Crippen LogP contribution in [0.1, 0.15) is 37.3 Å². The van der Waals surface area contributed by atoms with Crippen LogP contribution in [0.5, 0.6) is 5.75 Å². The van der Waals surface area contributed by atoms with Gasteiger partial charge in [0.25, 0.3) is 0 Å². The topological polar surface area (TPSA) is 9.23 Å². The summed E-state index contributed by atoms with van der Waals surface area (Å²) in [5.74, 6) is 1.71. The minimum absolute atomic E-state index is 0.767. The summed E-state index contributed by atoms with van der Waals surface area (Å²) in [5.41, 5.74) is 2.87. The van der Waals surface area contributed by atoms with Crippen LogP contribution < -0.4 is 4.74 Å². The third kappa shape index (κ3) is 5.63. The summed E-state index contributed by atoms with van der Waals surface area (Å²) in [6.07, 6.45) is 6.25. The molecule has 0 N–H and O–H groups in total. The minimum atomic E-state index is 0.767. The lowest BCUT2D eigenvalue weighted by atomic mass is 9.95. The Hall–Kier alpha value is -1.76. The first-order valence-electron chi connectivity index (χ1n) is 7.95. The highest BCUT2D eigenvalue weighted by molar-refractivity contribution is 5.27. The highest BCUT2D eigenvalue weighted by Gasteiger charge is 2.03. The van der Waals surface area contributed by atoms with Gasteiger partial charge in [0.1, 0.15) is 5.75 Å². The van der Waals surface area contributed by atoms with E-state index in [2.05, 4.69) is 49.4 Å². The SMILES string of the molecule is COc1ccc(CCCCC(C)Cc2ccccc2)cc1. The molecule has 0 spiro atoms. The van der Waals surface area contributed by atoms with Crippen LogP contribution in [0.25, 0.3) is 0 Å². The van der Waals surface area contributed by atoms with Gasteiger partial charge in [-0.25, -0.2) is 0 Å². The maximum atomic E-state index is 5.18. The summed E-state index contributed by atoms with van der Waals surface area (Å²) < 4.78 is 5.18. The van der Waals surface area contributed by atoms with E-state index in [0.717, 1.165) is 11.7 Å². The van der Waals surface area contributed by atoms with Crippen LogP contribution in [0.15, 0.2) is 54.6 Å². The van der Waals surface area contributed by atoms with E-state index in [1.807, 2.05) is 12.1 Å². The van der Waals surface area contributed by atoms with Crippen LogP contribution in [-0.2, 0) is 12.8 Å². The molecule has 0 amide bonds. The average Bonchev–Trinajstić information content (AvgIpc) is 2.53. The van der Waals surface area contributed by atoms with E-state index < -0.39 is 0 Å². The van der Waals surface area contributed by atoms with E-state index in [0.29, 0.717) is 0 Å². The Morgan fingerprint density at radius 2 is 1.57 bits per heavy atom. The molecule has 0 saturated heterocycles. The van der Waals surface area contributed by atoms with Crippen LogP contribution in [0, 0.1) is 5.92 Å². The smallest absolute Gasteiger partial charge is 0.118 e. The monoisotopic (exact) mass is 282 g/mol. The van der Waals surface area contributed by atoms with Crippen molar-refractivity contribution in [1.82, 2.24) is 0 Å². The number of hydrogen-bond donors (Lipinski definition) is 0. The van der Waals surface area contributed by atoms with Gasteiger partial charge in [-0.3, -0.25) is 0 Å². The zero-order valence-corrected chi connectivity index (χ0v) is 13.2. The van der Waals surface area contributed by atoms with Crippen molar-refractivity contribution in [3.63, 3.8) is 0 Å². The first kappa shape index (κ1) is 15.6. The molecule has 0 aliphatic heterocycles. The molecular formula is C20H26O. The standard InChI is InChI=1S/C20H26O/c1-17(16-19-10-4-3-5-11-19)8-6-7-9-18-12-14-20(21-2)15-13-18/h3-5,10-15,17H,6-9,16H2,1-2H3. The summed E-state index contributed by atoms with van der Waals surface area (Å²) in [7, 11) is 1.71. The molecule has 0 aliphatic rings. The van der Waals surface area contributed by atoms with Gasteiger partial charge in [0.05, 0.1) is 7.11 Å². The number of ether oxygens (including phenoxy) is 1. The Morgan fingerprint density at radius 1 is 0.857 bits per heavy atom. The Kier molecular flexibility index (Phi) is 6.33. The molecule has 2 aromatic rings. The summed E-state index contributed by atoms with van der Waals surface area (Å²) in [5, 5.41) is 0. The highest BCUT2D eigenvalue weighted by Crippen LogP contribution is 2.17. The van der Waals surface area contributed by atoms with Gasteiger partial charge in [0.2, 0.25) is 0 Å². The quantitative estimate of drug-likeness (QED) is 0.598. The molecular weight excluding hydrogens is 256 g/mol. The zero-order chi connectivity index (χ0) is 14.9. The van der Waals surface area contributed by atoms with Crippen molar-refractivity contribution in [2.75, 3.05) is 7.11 Å². The number of unbranched alkanes of at least 4 members (excludes halogenated alkanes) is 1. The molecule has 0 heterocycles. The molecule has 112 valence electrons. The molecule has 0 aromatic heterocycles. The highest BCUT2D eigenvalue weighted by atomic mass is 16.5. The van der Waals surface area contributed by atoms with E-state index in [1.165, 1.54) is 43.2 Å². The number of hydrogen-bond acceptors (Lipinski definition) is 1. The lowest BCUT2D eigenvalue weighted by Crippen LogP contribution is -2.00. The fourth-order valence-electron chi connectivity index (χ4n) is 2.73. The second-order valence-corrected chi connectivity index (χ2v) is 5.89. The van der Waals surface area contributed by atoms with E-state index in [1.54, 1.807) is 7.11 Å². The van der Waals surface area contributed by atoms with Crippen molar-refractivity contribution in [1.29, 1.82) is 0 Å². The summed E-state index contributed by atoms with van der Waals surface area (Å²) >= 11 is 0. The second-order valence-electron chi connectivity index (χ2n) is 5.89. The predicted octanol–water partition coefficient (Wildman–Crippen LogP) is 5.29. The molecule has 1 unspecified atom stereocenters. The third-order valence-corrected chi connectivity index (χ3v) is 4.00. The molecule has 0 fully saturated rings. The van der Waals surface area contributed by atoms with E-state index >= 15 is 0 Å². The summed E-state index contributed by atoms with van der Waals surface area (Å²) in [6, 6.07) is 19.3. The van der Waals surface area contributed by atoms with Crippen molar-refractivity contribution in [2.24, 2.45) is 5.92 Å². The summed E-state index contributed by atoms with van der Waals surface area (Å²) in [4.78, 5) is 0. The van der Waals surface area contributed by atoms with Gasteiger partial charge in [-0.1, -0.05) is 62.2 Å². The van der Waals surface area contributed by atoms with Crippen LogP contribution in [-0.4, -0.2) is 7.11 Å². The Balaban J connectivity index is 1.64. The first-order chi connectivity index (χ1) is 10.3. The Morgan fingerprint density at radius 3 is 2.24 bits per heavy atom. The normalized spacial score (nSPS) is 12.1. The molecule has 1 nitrogen and oxygen atoms in total. The van der Waals surface area contributed by atoms with Crippen LogP contribution >= 0.6 is 0 Å². The van der Waals surface area contributed by atoms with E-state index in [9.17, 15) is 0 Å². The average molecular weight is 282 g/mol. The molecule has 0 aliphatic carbocycles. The molecule has 2 aromatic carbocycles. The number of aryl methyl sites for hydroxylation is 1. The van der Waals surface area contributed by atoms with Crippen molar-refractivity contribution < 1.29 is 4.74 Å². The van der Waals surface area contributed by atoms with E-state index in [-0.39, 0.29) is 0 Å². The van der Waals surface area contributed by atoms with Crippen molar-refractivity contribution in [3.8, 4) is 5.75 Å². The number of benzene rings is 2.